The Morgan fingerprint density at radius 2 is 2.25 bits per heavy atom. The van der Waals surface area contributed by atoms with Crippen molar-refractivity contribution in [1.29, 1.82) is 0 Å². The minimum absolute atomic E-state index is 0.00520. The van der Waals surface area contributed by atoms with Crippen molar-refractivity contribution < 1.29 is 14.7 Å². The summed E-state index contributed by atoms with van der Waals surface area (Å²) in [6.07, 6.45) is 1.34. The molecule has 20 heavy (non-hydrogen) atoms. The molecule has 1 amide bonds. The third-order valence-electron chi connectivity index (χ3n) is 2.47. The highest BCUT2D eigenvalue weighted by atomic mass is 32.1. The van der Waals surface area contributed by atoms with Crippen molar-refractivity contribution in [3.8, 4) is 0 Å². The first-order valence-electron chi connectivity index (χ1n) is 5.62. The van der Waals surface area contributed by atoms with Gasteiger partial charge in [-0.05, 0) is 6.92 Å². The standard InChI is InChI=1S/C12H11N3O4S/c1-6-2-9(16)7(3-13-6)11(17)14-4-10-15-8(5-20-10)12(18)19/h2-3,5H,4H2,1H3,(H,13,16)(H,14,17)(H,18,19). The predicted molar refractivity (Wildman–Crippen MR) is 72.0 cm³/mol. The molecule has 104 valence electrons. The van der Waals surface area contributed by atoms with Crippen LogP contribution < -0.4 is 10.7 Å². The minimum Gasteiger partial charge on any atom is -0.476 e. The van der Waals surface area contributed by atoms with E-state index in [2.05, 4.69) is 15.3 Å². The Bertz CT molecular complexity index is 719. The van der Waals surface area contributed by atoms with Gasteiger partial charge in [0.1, 0.15) is 10.6 Å². The van der Waals surface area contributed by atoms with Crippen molar-refractivity contribution in [3.05, 3.63) is 49.8 Å². The molecule has 0 spiro atoms. The normalized spacial score (nSPS) is 10.2. The smallest absolute Gasteiger partial charge is 0.355 e. The molecule has 0 saturated carbocycles. The molecule has 2 aromatic rings. The van der Waals surface area contributed by atoms with Crippen molar-refractivity contribution in [2.45, 2.75) is 13.5 Å². The van der Waals surface area contributed by atoms with Crippen LogP contribution in [0.4, 0.5) is 0 Å². The third-order valence-corrected chi connectivity index (χ3v) is 3.32. The number of carbonyl (C=O) groups is 2. The number of H-pyrrole nitrogens is 1. The monoisotopic (exact) mass is 293 g/mol. The third kappa shape index (κ3) is 3.09. The highest BCUT2D eigenvalue weighted by Gasteiger charge is 2.12. The average Bonchev–Trinajstić information content (AvgIpc) is 2.85. The number of thiazole rings is 1. The van der Waals surface area contributed by atoms with Gasteiger partial charge in [0, 0.05) is 23.3 Å². The number of nitrogens with one attached hydrogen (secondary N) is 2. The molecule has 0 unspecified atom stereocenters. The van der Waals surface area contributed by atoms with Crippen LogP contribution in [0.2, 0.25) is 0 Å². The molecule has 0 aromatic carbocycles. The Morgan fingerprint density at radius 1 is 1.50 bits per heavy atom. The molecule has 0 saturated heterocycles. The molecule has 0 bridgehead atoms. The number of aromatic carboxylic acids is 1. The van der Waals surface area contributed by atoms with Gasteiger partial charge in [-0.25, -0.2) is 9.78 Å². The first-order valence-corrected chi connectivity index (χ1v) is 6.50. The number of aryl methyl sites for hydroxylation is 1. The number of hydrogen-bond acceptors (Lipinski definition) is 5. The van der Waals surface area contributed by atoms with Gasteiger partial charge in [0.25, 0.3) is 5.91 Å². The number of aromatic amines is 1. The zero-order valence-electron chi connectivity index (χ0n) is 10.5. The second-order valence-electron chi connectivity index (χ2n) is 4.01. The number of hydrogen-bond donors (Lipinski definition) is 3. The number of aromatic nitrogens is 2. The quantitative estimate of drug-likeness (QED) is 0.770. The van der Waals surface area contributed by atoms with Gasteiger partial charge in [-0.1, -0.05) is 0 Å². The van der Waals surface area contributed by atoms with Crippen molar-refractivity contribution in [1.82, 2.24) is 15.3 Å². The summed E-state index contributed by atoms with van der Waals surface area (Å²) in [6.45, 7) is 1.79. The van der Waals surface area contributed by atoms with Gasteiger partial charge in [0.2, 0.25) is 0 Å². The van der Waals surface area contributed by atoms with Gasteiger partial charge in [-0.3, -0.25) is 9.59 Å². The molecule has 0 aliphatic rings. The number of carbonyl (C=O) groups excluding carboxylic acids is 1. The Hall–Kier alpha value is -2.48. The summed E-state index contributed by atoms with van der Waals surface area (Å²) in [5, 5.41) is 13.1. The van der Waals surface area contributed by atoms with Crippen LogP contribution in [0, 0.1) is 6.92 Å². The average molecular weight is 293 g/mol. The van der Waals surface area contributed by atoms with Gasteiger partial charge in [-0.15, -0.1) is 11.3 Å². The molecular formula is C12H11N3O4S. The number of amides is 1. The van der Waals surface area contributed by atoms with E-state index in [1.165, 1.54) is 17.6 Å². The van der Waals surface area contributed by atoms with Gasteiger partial charge >= 0.3 is 5.97 Å². The summed E-state index contributed by atoms with van der Waals surface area (Å²) in [4.78, 5) is 40.7. The van der Waals surface area contributed by atoms with E-state index < -0.39 is 11.9 Å². The molecule has 0 aliphatic heterocycles. The lowest BCUT2D eigenvalue weighted by Crippen LogP contribution is -2.28. The molecule has 7 nitrogen and oxygen atoms in total. The Balaban J connectivity index is 2.04. The van der Waals surface area contributed by atoms with Crippen LogP contribution in [0.3, 0.4) is 0 Å². The van der Waals surface area contributed by atoms with E-state index in [0.29, 0.717) is 10.7 Å². The Kier molecular flexibility index (Phi) is 3.94. The maximum Gasteiger partial charge on any atom is 0.355 e. The first kappa shape index (κ1) is 13.9. The van der Waals surface area contributed by atoms with E-state index in [1.807, 2.05) is 0 Å². The lowest BCUT2D eigenvalue weighted by molar-refractivity contribution is 0.0691. The number of rotatable bonds is 4. The highest BCUT2D eigenvalue weighted by Crippen LogP contribution is 2.09. The molecule has 8 heteroatoms. The Labute approximate surface area is 117 Å². The topological polar surface area (TPSA) is 112 Å². The summed E-state index contributed by atoms with van der Waals surface area (Å²) < 4.78 is 0. The van der Waals surface area contributed by atoms with Gasteiger partial charge in [0.15, 0.2) is 11.1 Å². The van der Waals surface area contributed by atoms with Crippen molar-refractivity contribution in [2.75, 3.05) is 0 Å². The van der Waals surface area contributed by atoms with E-state index in [9.17, 15) is 14.4 Å². The van der Waals surface area contributed by atoms with E-state index >= 15 is 0 Å². The molecule has 0 radical (unpaired) electrons. The van der Waals surface area contributed by atoms with Crippen LogP contribution in [-0.2, 0) is 6.54 Å². The number of carboxylic acid groups (broad SMARTS) is 1. The number of pyridine rings is 1. The maximum absolute atomic E-state index is 11.8. The molecule has 2 aromatic heterocycles. The summed E-state index contributed by atoms with van der Waals surface area (Å²) in [5.74, 6) is -1.65. The van der Waals surface area contributed by atoms with E-state index in [4.69, 9.17) is 5.11 Å². The first-order chi connectivity index (χ1) is 9.47. The molecule has 0 fully saturated rings. The second-order valence-corrected chi connectivity index (χ2v) is 4.95. The van der Waals surface area contributed by atoms with Crippen LogP contribution in [-0.4, -0.2) is 27.0 Å². The molecule has 2 heterocycles. The van der Waals surface area contributed by atoms with Crippen LogP contribution >= 0.6 is 11.3 Å². The highest BCUT2D eigenvalue weighted by molar-refractivity contribution is 7.09. The number of carboxylic acids is 1. The van der Waals surface area contributed by atoms with Crippen molar-refractivity contribution in [2.24, 2.45) is 0 Å². The maximum atomic E-state index is 11.8. The second kappa shape index (κ2) is 5.66. The lowest BCUT2D eigenvalue weighted by atomic mass is 10.2. The largest absolute Gasteiger partial charge is 0.476 e. The number of nitrogens with zero attached hydrogens (tertiary/aromatic N) is 1. The SMILES string of the molecule is Cc1cc(=O)c(C(=O)NCc2nc(C(=O)O)cs2)c[nH]1. The van der Waals surface area contributed by atoms with Gasteiger partial charge in [-0.2, -0.15) is 0 Å². The summed E-state index contributed by atoms with van der Waals surface area (Å²) in [6, 6.07) is 1.33. The zero-order valence-corrected chi connectivity index (χ0v) is 11.3. The zero-order chi connectivity index (χ0) is 14.7. The fourth-order valence-electron chi connectivity index (χ4n) is 1.49. The minimum atomic E-state index is -1.12. The molecule has 0 atom stereocenters. The summed E-state index contributed by atoms with van der Waals surface area (Å²) in [5.41, 5.74) is 0.236. The Morgan fingerprint density at radius 3 is 2.85 bits per heavy atom. The molecular weight excluding hydrogens is 282 g/mol. The van der Waals surface area contributed by atoms with Gasteiger partial charge in [0.05, 0.1) is 6.54 Å². The summed E-state index contributed by atoms with van der Waals surface area (Å²) >= 11 is 1.13. The van der Waals surface area contributed by atoms with Crippen LogP contribution in [0.5, 0.6) is 0 Å². The van der Waals surface area contributed by atoms with Crippen LogP contribution in [0.15, 0.2) is 22.4 Å². The molecule has 3 N–H and O–H groups in total. The van der Waals surface area contributed by atoms with E-state index in [0.717, 1.165) is 11.3 Å². The van der Waals surface area contributed by atoms with E-state index in [-0.39, 0.29) is 23.2 Å². The van der Waals surface area contributed by atoms with E-state index in [1.54, 1.807) is 6.92 Å². The molecule has 2 rings (SSSR count). The van der Waals surface area contributed by atoms with Gasteiger partial charge < -0.3 is 15.4 Å². The van der Waals surface area contributed by atoms with Crippen molar-refractivity contribution in [3.63, 3.8) is 0 Å². The van der Waals surface area contributed by atoms with Crippen molar-refractivity contribution >= 4 is 23.2 Å². The fourth-order valence-corrected chi connectivity index (χ4v) is 2.20. The fraction of sp³-hybridized carbons (Fsp3) is 0.167. The van der Waals surface area contributed by atoms with Crippen LogP contribution in [0.1, 0.15) is 31.5 Å². The summed E-state index contributed by atoms with van der Waals surface area (Å²) in [7, 11) is 0. The predicted octanol–water partition coefficient (Wildman–Crippen LogP) is 0.768. The molecule has 0 aliphatic carbocycles. The van der Waals surface area contributed by atoms with Crippen LogP contribution in [0.25, 0.3) is 0 Å². The lowest BCUT2D eigenvalue weighted by Gasteiger charge is -2.02.